The van der Waals surface area contributed by atoms with Crippen LogP contribution in [0.3, 0.4) is 0 Å². The first-order chi connectivity index (χ1) is 11.1. The van der Waals surface area contributed by atoms with Gasteiger partial charge in [0.25, 0.3) is 5.91 Å². The minimum Gasteiger partial charge on any atom is -0.484 e. The van der Waals surface area contributed by atoms with Crippen LogP contribution in [-0.2, 0) is 14.4 Å². The van der Waals surface area contributed by atoms with E-state index in [1.807, 2.05) is 6.07 Å². The average Bonchev–Trinajstić information content (AvgIpc) is 2.96. The lowest BCUT2D eigenvalue weighted by Crippen LogP contribution is -2.30. The molecule has 2 rings (SSSR count). The molecule has 7 heteroatoms. The molecule has 0 saturated carbocycles. The summed E-state index contributed by atoms with van der Waals surface area (Å²) in [7, 11) is 0. The van der Waals surface area contributed by atoms with Crippen LogP contribution in [0.25, 0.3) is 0 Å². The molecule has 124 valence electrons. The van der Waals surface area contributed by atoms with Gasteiger partial charge in [0.1, 0.15) is 5.75 Å². The SMILES string of the molecule is O=C(O)CCCNC(=O)COc1cccc(N2CCCC2=O)c1. The molecule has 1 heterocycles. The Labute approximate surface area is 134 Å². The van der Waals surface area contributed by atoms with E-state index < -0.39 is 5.97 Å². The van der Waals surface area contributed by atoms with Gasteiger partial charge in [0.15, 0.2) is 6.61 Å². The maximum Gasteiger partial charge on any atom is 0.303 e. The summed E-state index contributed by atoms with van der Waals surface area (Å²) in [6, 6.07) is 7.08. The van der Waals surface area contributed by atoms with Crippen LogP contribution >= 0.6 is 0 Å². The van der Waals surface area contributed by atoms with E-state index in [9.17, 15) is 14.4 Å². The lowest BCUT2D eigenvalue weighted by molar-refractivity contribution is -0.137. The van der Waals surface area contributed by atoms with Crippen LogP contribution in [0.2, 0.25) is 0 Å². The number of nitrogens with zero attached hydrogens (tertiary/aromatic N) is 1. The lowest BCUT2D eigenvalue weighted by Gasteiger charge is -2.16. The third-order valence-corrected chi connectivity index (χ3v) is 3.46. The Hall–Kier alpha value is -2.57. The first kappa shape index (κ1) is 16.8. The highest BCUT2D eigenvalue weighted by molar-refractivity contribution is 5.95. The van der Waals surface area contributed by atoms with Crippen LogP contribution in [0.15, 0.2) is 24.3 Å². The molecule has 0 bridgehead atoms. The van der Waals surface area contributed by atoms with Crippen molar-refractivity contribution in [2.75, 3.05) is 24.6 Å². The predicted octanol–water partition coefficient (Wildman–Crippen LogP) is 1.17. The van der Waals surface area contributed by atoms with Crippen LogP contribution in [0, 0.1) is 0 Å². The number of aliphatic carboxylic acids is 1. The van der Waals surface area contributed by atoms with Crippen LogP contribution in [-0.4, -0.2) is 42.6 Å². The summed E-state index contributed by atoms with van der Waals surface area (Å²) in [5.41, 5.74) is 0.770. The number of nitrogens with one attached hydrogen (secondary N) is 1. The number of amides is 2. The maximum atomic E-state index is 11.7. The molecule has 0 atom stereocenters. The van der Waals surface area contributed by atoms with Crippen LogP contribution < -0.4 is 15.0 Å². The second-order valence-corrected chi connectivity index (χ2v) is 5.28. The van der Waals surface area contributed by atoms with Crippen LogP contribution in [0.4, 0.5) is 5.69 Å². The monoisotopic (exact) mass is 320 g/mol. The number of benzene rings is 1. The zero-order valence-electron chi connectivity index (χ0n) is 12.8. The van der Waals surface area contributed by atoms with Gasteiger partial charge in [0, 0.05) is 37.7 Å². The normalized spacial score (nSPS) is 13.9. The van der Waals surface area contributed by atoms with Crippen molar-refractivity contribution in [3.05, 3.63) is 24.3 Å². The van der Waals surface area contributed by atoms with Crippen molar-refractivity contribution in [3.8, 4) is 5.75 Å². The molecule has 0 spiro atoms. The minimum atomic E-state index is -0.885. The Kier molecular flexibility index (Phi) is 5.96. The van der Waals surface area contributed by atoms with Gasteiger partial charge in [-0.05, 0) is 25.0 Å². The molecule has 1 aliphatic heterocycles. The number of carbonyl (C=O) groups excluding carboxylic acids is 2. The number of ether oxygens (including phenoxy) is 1. The molecule has 1 saturated heterocycles. The summed E-state index contributed by atoms with van der Waals surface area (Å²) in [5.74, 6) is -0.581. The van der Waals surface area contributed by atoms with Crippen LogP contribution in [0.1, 0.15) is 25.7 Å². The fraction of sp³-hybridized carbons (Fsp3) is 0.438. The van der Waals surface area contributed by atoms with Gasteiger partial charge in [-0.1, -0.05) is 6.07 Å². The van der Waals surface area contributed by atoms with Gasteiger partial charge in [0.05, 0.1) is 0 Å². The molecule has 2 N–H and O–H groups in total. The van der Waals surface area contributed by atoms with Gasteiger partial charge >= 0.3 is 5.97 Å². The van der Waals surface area contributed by atoms with Gasteiger partial charge in [-0.3, -0.25) is 14.4 Å². The summed E-state index contributed by atoms with van der Waals surface area (Å²) in [4.78, 5) is 35.4. The fourth-order valence-corrected chi connectivity index (χ4v) is 2.33. The Morgan fingerprint density at radius 2 is 2.17 bits per heavy atom. The number of carbonyl (C=O) groups is 3. The van der Waals surface area contributed by atoms with E-state index in [4.69, 9.17) is 9.84 Å². The predicted molar refractivity (Wildman–Crippen MR) is 83.4 cm³/mol. The number of rotatable bonds is 8. The molecular formula is C16H20N2O5. The minimum absolute atomic E-state index is 0.0209. The van der Waals surface area contributed by atoms with Crippen molar-refractivity contribution in [2.45, 2.75) is 25.7 Å². The number of carboxylic acids is 1. The lowest BCUT2D eigenvalue weighted by atomic mass is 10.3. The summed E-state index contributed by atoms with van der Waals surface area (Å²) < 4.78 is 5.42. The molecule has 0 aliphatic carbocycles. The van der Waals surface area contributed by atoms with Crippen LogP contribution in [0.5, 0.6) is 5.75 Å². The molecule has 7 nitrogen and oxygen atoms in total. The van der Waals surface area contributed by atoms with E-state index in [0.29, 0.717) is 31.7 Å². The summed E-state index contributed by atoms with van der Waals surface area (Å²) in [6.45, 7) is 0.855. The Balaban J connectivity index is 1.78. The molecule has 1 fully saturated rings. The molecule has 0 radical (unpaired) electrons. The highest BCUT2D eigenvalue weighted by atomic mass is 16.5. The fourth-order valence-electron chi connectivity index (χ4n) is 2.33. The largest absolute Gasteiger partial charge is 0.484 e. The second-order valence-electron chi connectivity index (χ2n) is 5.28. The van der Waals surface area contributed by atoms with Gasteiger partial charge in [-0.2, -0.15) is 0 Å². The zero-order chi connectivity index (χ0) is 16.7. The topological polar surface area (TPSA) is 95.9 Å². The smallest absolute Gasteiger partial charge is 0.303 e. The molecule has 1 aliphatic rings. The first-order valence-corrected chi connectivity index (χ1v) is 7.58. The van der Waals surface area contributed by atoms with E-state index in [0.717, 1.165) is 12.1 Å². The number of carboxylic acid groups (broad SMARTS) is 1. The summed E-state index contributed by atoms with van der Waals surface area (Å²) in [5, 5.41) is 11.1. The Bertz CT molecular complexity index is 588. The molecule has 1 aromatic carbocycles. The van der Waals surface area contributed by atoms with Crippen molar-refractivity contribution < 1.29 is 24.2 Å². The molecule has 0 unspecified atom stereocenters. The molecule has 1 aromatic rings. The van der Waals surface area contributed by atoms with Gasteiger partial charge in [-0.25, -0.2) is 0 Å². The number of hydrogen-bond acceptors (Lipinski definition) is 4. The van der Waals surface area contributed by atoms with E-state index in [1.54, 1.807) is 23.1 Å². The van der Waals surface area contributed by atoms with Crippen molar-refractivity contribution in [1.82, 2.24) is 5.32 Å². The molecular weight excluding hydrogens is 300 g/mol. The third kappa shape index (κ3) is 5.28. The second kappa shape index (κ2) is 8.17. The standard InChI is InChI=1S/C16H20N2O5/c19-14(17-8-2-7-16(21)22)11-23-13-5-1-4-12(10-13)18-9-3-6-15(18)20/h1,4-5,10H,2-3,6-9,11H2,(H,17,19)(H,21,22). The van der Waals surface area contributed by atoms with Crippen molar-refractivity contribution in [2.24, 2.45) is 0 Å². The Morgan fingerprint density at radius 3 is 2.87 bits per heavy atom. The van der Waals surface area contributed by atoms with Gasteiger partial charge in [0.2, 0.25) is 5.91 Å². The Morgan fingerprint density at radius 1 is 1.35 bits per heavy atom. The number of anilines is 1. The zero-order valence-corrected chi connectivity index (χ0v) is 12.8. The van der Waals surface area contributed by atoms with E-state index in [2.05, 4.69) is 5.32 Å². The van der Waals surface area contributed by atoms with Gasteiger partial charge < -0.3 is 20.1 Å². The molecule has 23 heavy (non-hydrogen) atoms. The quantitative estimate of drug-likeness (QED) is 0.701. The highest BCUT2D eigenvalue weighted by Crippen LogP contribution is 2.25. The van der Waals surface area contributed by atoms with Gasteiger partial charge in [-0.15, -0.1) is 0 Å². The average molecular weight is 320 g/mol. The maximum absolute atomic E-state index is 11.7. The summed E-state index contributed by atoms with van der Waals surface area (Å²) >= 11 is 0. The summed E-state index contributed by atoms with van der Waals surface area (Å²) in [6.07, 6.45) is 1.81. The first-order valence-electron chi connectivity index (χ1n) is 7.58. The highest BCUT2D eigenvalue weighted by Gasteiger charge is 2.21. The van der Waals surface area contributed by atoms with Crippen molar-refractivity contribution >= 4 is 23.5 Å². The molecule has 0 aromatic heterocycles. The number of hydrogen-bond donors (Lipinski definition) is 2. The van der Waals surface area contributed by atoms with Crippen molar-refractivity contribution in [3.63, 3.8) is 0 Å². The third-order valence-electron chi connectivity index (χ3n) is 3.46. The molecule has 2 amide bonds. The van der Waals surface area contributed by atoms with E-state index in [-0.39, 0.29) is 24.8 Å². The van der Waals surface area contributed by atoms with E-state index >= 15 is 0 Å². The van der Waals surface area contributed by atoms with Crippen molar-refractivity contribution in [1.29, 1.82) is 0 Å². The van der Waals surface area contributed by atoms with E-state index in [1.165, 1.54) is 0 Å².